The van der Waals surface area contributed by atoms with Gasteiger partial charge in [-0.25, -0.2) is 0 Å². The summed E-state index contributed by atoms with van der Waals surface area (Å²) in [6.07, 6.45) is 2.02. The molecule has 2 saturated heterocycles. The van der Waals surface area contributed by atoms with Crippen LogP contribution in [0.1, 0.15) is 28.8 Å². The average Bonchev–Trinajstić information content (AvgIpc) is 3.17. The van der Waals surface area contributed by atoms with Crippen molar-refractivity contribution in [1.29, 1.82) is 0 Å². The first-order chi connectivity index (χ1) is 14.5. The Morgan fingerprint density at radius 2 is 1.70 bits per heavy atom. The Morgan fingerprint density at radius 1 is 1.03 bits per heavy atom. The lowest BCUT2D eigenvalue weighted by atomic mass is 10.00. The Hall–Kier alpha value is -1.99. The number of likely N-dealkylation sites (tertiary alicyclic amines) is 1. The Morgan fingerprint density at radius 3 is 2.33 bits per heavy atom. The molecular formula is C23H25BrN2O3S. The zero-order valence-electron chi connectivity index (χ0n) is 17.0. The number of hydrogen-bond donors (Lipinski definition) is 0. The van der Waals surface area contributed by atoms with Gasteiger partial charge in [0.2, 0.25) is 5.91 Å². The molecule has 7 heteroatoms. The minimum Gasteiger partial charge on any atom is -0.497 e. The molecule has 30 heavy (non-hydrogen) atoms. The van der Waals surface area contributed by atoms with Crippen LogP contribution in [0, 0.1) is 0 Å². The summed E-state index contributed by atoms with van der Waals surface area (Å²) in [6.45, 7) is 2.14. The minimum absolute atomic E-state index is 0.0884. The highest BCUT2D eigenvalue weighted by molar-refractivity contribution is 9.10. The van der Waals surface area contributed by atoms with E-state index in [4.69, 9.17) is 4.74 Å². The summed E-state index contributed by atoms with van der Waals surface area (Å²) < 4.78 is 6.14. The molecule has 158 valence electrons. The summed E-state index contributed by atoms with van der Waals surface area (Å²) in [5.41, 5.74) is 1.71. The fraction of sp³-hybridized carbons (Fsp3) is 0.391. The van der Waals surface area contributed by atoms with Crippen molar-refractivity contribution >= 4 is 39.5 Å². The molecule has 2 aromatic rings. The smallest absolute Gasteiger partial charge is 0.254 e. The van der Waals surface area contributed by atoms with Crippen LogP contribution in [-0.4, -0.2) is 59.0 Å². The molecule has 2 heterocycles. The van der Waals surface area contributed by atoms with Gasteiger partial charge in [0.1, 0.15) is 5.75 Å². The van der Waals surface area contributed by atoms with Crippen molar-refractivity contribution in [3.8, 4) is 5.75 Å². The molecule has 0 saturated carbocycles. The average molecular weight is 489 g/mol. The number of carbonyl (C=O) groups excluding carboxylic acids is 2. The van der Waals surface area contributed by atoms with E-state index in [1.807, 2.05) is 70.1 Å². The van der Waals surface area contributed by atoms with Crippen LogP contribution in [-0.2, 0) is 11.2 Å². The van der Waals surface area contributed by atoms with Crippen LogP contribution >= 0.6 is 27.7 Å². The number of piperidine rings is 1. The molecule has 2 amide bonds. The standard InChI is InChI=1S/C23H25BrN2O3S/c1-29-20-8-2-17(3-9-20)16-21(27)25-12-10-23(11-13-25)26(14-15-30-23)22(28)18-4-6-19(24)7-5-18/h2-9H,10-16H2,1H3. The number of carbonyl (C=O) groups is 2. The monoisotopic (exact) mass is 488 g/mol. The highest BCUT2D eigenvalue weighted by Crippen LogP contribution is 2.44. The van der Waals surface area contributed by atoms with Gasteiger partial charge < -0.3 is 14.5 Å². The van der Waals surface area contributed by atoms with Crippen molar-refractivity contribution in [3.05, 3.63) is 64.1 Å². The molecule has 0 bridgehead atoms. The molecule has 2 aliphatic heterocycles. The molecule has 2 aliphatic rings. The van der Waals surface area contributed by atoms with E-state index in [1.54, 1.807) is 7.11 Å². The normalized spacial score (nSPS) is 17.9. The van der Waals surface area contributed by atoms with Crippen LogP contribution in [0.3, 0.4) is 0 Å². The number of rotatable bonds is 4. The number of hydrogen-bond acceptors (Lipinski definition) is 4. The molecule has 0 aliphatic carbocycles. The lowest BCUT2D eigenvalue weighted by molar-refractivity contribution is -0.132. The van der Waals surface area contributed by atoms with Crippen molar-refractivity contribution in [3.63, 3.8) is 0 Å². The van der Waals surface area contributed by atoms with Crippen molar-refractivity contribution in [1.82, 2.24) is 9.80 Å². The second kappa shape index (κ2) is 9.02. The van der Waals surface area contributed by atoms with Crippen LogP contribution in [0.15, 0.2) is 53.0 Å². The highest BCUT2D eigenvalue weighted by Gasteiger charge is 2.47. The van der Waals surface area contributed by atoms with Crippen LogP contribution in [0.25, 0.3) is 0 Å². The summed E-state index contributed by atoms with van der Waals surface area (Å²) in [4.78, 5) is 29.7. The van der Waals surface area contributed by atoms with Gasteiger partial charge >= 0.3 is 0 Å². The van der Waals surface area contributed by atoms with E-state index in [1.165, 1.54) is 0 Å². The zero-order valence-corrected chi connectivity index (χ0v) is 19.4. The molecule has 2 aromatic carbocycles. The summed E-state index contributed by atoms with van der Waals surface area (Å²) in [5, 5.41) is 0. The minimum atomic E-state index is -0.193. The molecule has 0 aromatic heterocycles. The van der Waals surface area contributed by atoms with Crippen LogP contribution in [0.4, 0.5) is 0 Å². The van der Waals surface area contributed by atoms with Gasteiger partial charge in [-0.1, -0.05) is 28.1 Å². The Bertz CT molecular complexity index is 909. The first-order valence-electron chi connectivity index (χ1n) is 10.1. The maximum absolute atomic E-state index is 13.1. The van der Waals surface area contributed by atoms with Crippen LogP contribution in [0.2, 0.25) is 0 Å². The van der Waals surface area contributed by atoms with Gasteiger partial charge in [0.15, 0.2) is 0 Å². The lowest BCUT2D eigenvalue weighted by Gasteiger charge is -2.44. The Kier molecular flexibility index (Phi) is 6.39. The maximum atomic E-state index is 13.1. The molecule has 0 unspecified atom stereocenters. The first kappa shape index (κ1) is 21.2. The SMILES string of the molecule is COc1ccc(CC(=O)N2CCC3(CC2)SCCN3C(=O)c2ccc(Br)cc2)cc1. The molecule has 2 fully saturated rings. The van der Waals surface area contributed by atoms with E-state index in [-0.39, 0.29) is 16.7 Å². The third-order valence-electron chi connectivity index (χ3n) is 5.93. The van der Waals surface area contributed by atoms with Gasteiger partial charge in [0, 0.05) is 35.4 Å². The summed E-state index contributed by atoms with van der Waals surface area (Å²) >= 11 is 5.29. The number of thioether (sulfide) groups is 1. The van der Waals surface area contributed by atoms with Crippen molar-refractivity contribution in [2.24, 2.45) is 0 Å². The fourth-order valence-electron chi connectivity index (χ4n) is 4.19. The van der Waals surface area contributed by atoms with E-state index < -0.39 is 0 Å². The third kappa shape index (κ3) is 4.37. The molecule has 4 rings (SSSR count). The van der Waals surface area contributed by atoms with Crippen molar-refractivity contribution < 1.29 is 14.3 Å². The fourth-order valence-corrected chi connectivity index (χ4v) is 5.91. The molecule has 1 spiro atoms. The van der Waals surface area contributed by atoms with Gasteiger partial charge in [-0.2, -0.15) is 0 Å². The van der Waals surface area contributed by atoms with Gasteiger partial charge in [-0.15, -0.1) is 11.8 Å². The third-order valence-corrected chi connectivity index (χ3v) is 8.01. The summed E-state index contributed by atoms with van der Waals surface area (Å²) in [6, 6.07) is 15.2. The highest BCUT2D eigenvalue weighted by atomic mass is 79.9. The topological polar surface area (TPSA) is 49.9 Å². The van der Waals surface area contributed by atoms with E-state index in [0.29, 0.717) is 19.5 Å². The van der Waals surface area contributed by atoms with E-state index in [0.717, 1.165) is 46.5 Å². The predicted molar refractivity (Wildman–Crippen MR) is 123 cm³/mol. The number of halogens is 1. The largest absolute Gasteiger partial charge is 0.497 e. The number of benzene rings is 2. The summed E-state index contributed by atoms with van der Waals surface area (Å²) in [7, 11) is 1.63. The number of nitrogens with zero attached hydrogens (tertiary/aromatic N) is 2. The molecule has 0 N–H and O–H groups in total. The van der Waals surface area contributed by atoms with Crippen LogP contribution in [0.5, 0.6) is 5.75 Å². The maximum Gasteiger partial charge on any atom is 0.254 e. The molecule has 0 atom stereocenters. The Labute approximate surface area is 189 Å². The second-order valence-electron chi connectivity index (χ2n) is 7.66. The number of amides is 2. The molecule has 5 nitrogen and oxygen atoms in total. The predicted octanol–water partition coefficient (Wildman–Crippen LogP) is 4.21. The van der Waals surface area contributed by atoms with E-state index >= 15 is 0 Å². The quantitative estimate of drug-likeness (QED) is 0.646. The van der Waals surface area contributed by atoms with Crippen molar-refractivity contribution in [2.45, 2.75) is 24.1 Å². The summed E-state index contributed by atoms with van der Waals surface area (Å²) in [5.74, 6) is 1.97. The van der Waals surface area contributed by atoms with Gasteiger partial charge in [-0.05, 0) is 54.8 Å². The second-order valence-corrected chi connectivity index (χ2v) is 10.0. The number of methoxy groups -OCH3 is 1. The van der Waals surface area contributed by atoms with Gasteiger partial charge in [0.25, 0.3) is 5.91 Å². The number of ether oxygens (including phenoxy) is 1. The molecular weight excluding hydrogens is 464 g/mol. The van der Waals surface area contributed by atoms with Crippen molar-refractivity contribution in [2.75, 3.05) is 32.5 Å². The van der Waals surface area contributed by atoms with Gasteiger partial charge in [0.05, 0.1) is 18.4 Å². The molecule has 0 radical (unpaired) electrons. The van der Waals surface area contributed by atoms with Crippen LogP contribution < -0.4 is 4.74 Å². The zero-order chi connectivity index (χ0) is 21.1. The lowest BCUT2D eigenvalue weighted by Crippen LogP contribution is -2.53. The van der Waals surface area contributed by atoms with Gasteiger partial charge in [-0.3, -0.25) is 9.59 Å². The Balaban J connectivity index is 1.38. The first-order valence-corrected chi connectivity index (χ1v) is 11.9. The van der Waals surface area contributed by atoms with E-state index in [9.17, 15) is 9.59 Å². The van der Waals surface area contributed by atoms with E-state index in [2.05, 4.69) is 15.9 Å².